The van der Waals surface area contributed by atoms with Crippen molar-refractivity contribution in [2.75, 3.05) is 10.8 Å². The fourth-order valence-electron chi connectivity index (χ4n) is 1.09. The molecule has 0 radical (unpaired) electrons. The monoisotopic (exact) mass is 197 g/mol. The molecule has 2 rings (SSSR count). The first-order chi connectivity index (χ1) is 5.86. The Kier molecular flexibility index (Phi) is 2.28. The summed E-state index contributed by atoms with van der Waals surface area (Å²) in [4.78, 5) is 0. The van der Waals surface area contributed by atoms with Gasteiger partial charge in [-0.25, -0.2) is 0 Å². The van der Waals surface area contributed by atoms with Crippen LogP contribution < -0.4 is 4.31 Å². The topological polar surface area (TPSA) is 3.24 Å². The molecule has 0 aliphatic carbocycles. The highest BCUT2D eigenvalue weighted by molar-refractivity contribution is 8.06. The quantitative estimate of drug-likeness (QED) is 0.636. The minimum absolute atomic E-state index is 0.860. The Labute approximate surface area is 81.2 Å². The number of rotatable bonds is 1. The highest BCUT2D eigenvalue weighted by Gasteiger charge is 2.13. The van der Waals surface area contributed by atoms with Crippen LogP contribution in [-0.4, -0.2) is 6.54 Å². The summed E-state index contributed by atoms with van der Waals surface area (Å²) in [7, 11) is 0. The Balaban J connectivity index is 2.14. The van der Waals surface area contributed by atoms with E-state index in [1.54, 1.807) is 11.9 Å². The van der Waals surface area contributed by atoms with Gasteiger partial charge in [-0.15, -0.1) is 0 Å². The van der Waals surface area contributed by atoms with E-state index in [1.165, 1.54) is 5.69 Å². The van der Waals surface area contributed by atoms with Gasteiger partial charge in [0, 0.05) is 17.6 Å². The predicted molar refractivity (Wildman–Crippen MR) is 55.3 cm³/mol. The fourth-order valence-corrected chi connectivity index (χ4v) is 2.14. The van der Waals surface area contributed by atoms with E-state index >= 15 is 0 Å². The van der Waals surface area contributed by atoms with Crippen molar-refractivity contribution in [1.29, 1.82) is 0 Å². The molecule has 1 aromatic carbocycles. The molecule has 0 atom stereocenters. The van der Waals surface area contributed by atoms with E-state index < -0.39 is 0 Å². The molecule has 0 aromatic heterocycles. The molecule has 0 saturated heterocycles. The zero-order valence-corrected chi connectivity index (χ0v) is 7.98. The summed E-state index contributed by atoms with van der Waals surface area (Å²) < 4.78 is 3.02. The van der Waals surface area contributed by atoms with Crippen molar-refractivity contribution < 1.29 is 0 Å². The lowest BCUT2D eigenvalue weighted by molar-refractivity contribution is 1.23. The van der Waals surface area contributed by atoms with Gasteiger partial charge in [-0.3, -0.25) is 0 Å². The first-order valence-corrected chi connectivity index (χ1v) is 4.87. The van der Waals surface area contributed by atoms with Crippen LogP contribution in [0.3, 0.4) is 0 Å². The molecule has 1 nitrogen and oxygen atoms in total. The van der Waals surface area contributed by atoms with Crippen LogP contribution in [0.25, 0.3) is 0 Å². The average Bonchev–Trinajstić information content (AvgIpc) is 2.54. The van der Waals surface area contributed by atoms with Crippen molar-refractivity contribution in [2.24, 2.45) is 0 Å². The molecular weight excluding hydrogens is 190 g/mol. The van der Waals surface area contributed by atoms with Gasteiger partial charge in [0.25, 0.3) is 0 Å². The molecule has 0 saturated carbocycles. The Morgan fingerprint density at radius 2 is 2.00 bits per heavy atom. The first-order valence-electron chi connectivity index (χ1n) is 3.72. The van der Waals surface area contributed by atoms with Crippen LogP contribution in [0.5, 0.6) is 0 Å². The van der Waals surface area contributed by atoms with E-state index in [4.69, 9.17) is 11.6 Å². The summed E-state index contributed by atoms with van der Waals surface area (Å²) in [6, 6.07) is 10.2. The maximum atomic E-state index is 5.84. The van der Waals surface area contributed by atoms with Gasteiger partial charge in [0.15, 0.2) is 0 Å². The van der Waals surface area contributed by atoms with Crippen molar-refractivity contribution in [3.05, 3.63) is 40.8 Å². The van der Waals surface area contributed by atoms with Gasteiger partial charge in [-0.1, -0.05) is 29.8 Å². The molecule has 0 amide bonds. The Hall–Kier alpha value is -0.600. The van der Waals surface area contributed by atoms with Crippen molar-refractivity contribution in [3.63, 3.8) is 0 Å². The number of nitrogens with zero attached hydrogens (tertiary/aromatic N) is 1. The zero-order chi connectivity index (χ0) is 8.39. The minimum atomic E-state index is 0.860. The summed E-state index contributed by atoms with van der Waals surface area (Å²) in [6.07, 6.45) is 2.01. The van der Waals surface area contributed by atoms with Crippen LogP contribution in [-0.2, 0) is 0 Å². The molecule has 1 heterocycles. The minimum Gasteiger partial charge on any atom is -0.308 e. The fraction of sp³-hybridized carbons (Fsp3) is 0.111. The standard InChI is InChI=1S/C9H8ClNS/c10-9-6-7-11(12-9)8-4-2-1-3-5-8/h1-6H,7H2. The molecular formula is C9H8ClNS. The highest BCUT2D eigenvalue weighted by atomic mass is 35.5. The zero-order valence-electron chi connectivity index (χ0n) is 6.40. The second-order valence-electron chi connectivity index (χ2n) is 2.50. The molecule has 1 aliphatic heterocycles. The van der Waals surface area contributed by atoms with Crippen molar-refractivity contribution in [3.8, 4) is 0 Å². The van der Waals surface area contributed by atoms with Crippen LogP contribution >= 0.6 is 23.5 Å². The molecule has 1 aromatic rings. The smallest absolute Gasteiger partial charge is 0.0923 e. The highest BCUT2D eigenvalue weighted by Crippen LogP contribution is 2.34. The van der Waals surface area contributed by atoms with E-state index in [0.29, 0.717) is 0 Å². The first kappa shape index (κ1) is 8.02. The number of hydrogen-bond donors (Lipinski definition) is 0. The van der Waals surface area contributed by atoms with E-state index in [-0.39, 0.29) is 0 Å². The number of hydrogen-bond acceptors (Lipinski definition) is 2. The second-order valence-corrected chi connectivity index (χ2v) is 4.19. The van der Waals surface area contributed by atoms with Gasteiger partial charge < -0.3 is 4.31 Å². The van der Waals surface area contributed by atoms with E-state index in [9.17, 15) is 0 Å². The third kappa shape index (κ3) is 1.59. The molecule has 0 fully saturated rings. The molecule has 12 heavy (non-hydrogen) atoms. The number of halogens is 1. The lowest BCUT2D eigenvalue weighted by atomic mass is 10.3. The number of anilines is 1. The van der Waals surface area contributed by atoms with E-state index in [1.807, 2.05) is 24.3 Å². The Bertz CT molecular complexity index is 297. The van der Waals surface area contributed by atoms with Gasteiger partial charge in [0.05, 0.1) is 10.9 Å². The molecule has 0 spiro atoms. The second kappa shape index (κ2) is 3.42. The largest absolute Gasteiger partial charge is 0.308 e. The van der Waals surface area contributed by atoms with Gasteiger partial charge in [0.1, 0.15) is 0 Å². The van der Waals surface area contributed by atoms with Gasteiger partial charge in [-0.05, 0) is 18.2 Å². The van der Waals surface area contributed by atoms with Crippen LogP contribution in [0.2, 0.25) is 0 Å². The lowest BCUT2D eigenvalue weighted by Gasteiger charge is -2.15. The van der Waals surface area contributed by atoms with Gasteiger partial charge in [0.2, 0.25) is 0 Å². The van der Waals surface area contributed by atoms with Crippen molar-refractivity contribution >= 4 is 29.2 Å². The average molecular weight is 198 g/mol. The summed E-state index contributed by atoms with van der Waals surface area (Å²) in [6.45, 7) is 0.896. The third-order valence-corrected chi connectivity index (χ3v) is 2.94. The molecule has 0 unspecified atom stereocenters. The van der Waals surface area contributed by atoms with Crippen LogP contribution in [0, 0.1) is 0 Å². The molecule has 0 N–H and O–H groups in total. The molecule has 0 bridgehead atoms. The molecule has 62 valence electrons. The SMILES string of the molecule is ClC1=CCN(c2ccccc2)S1. The van der Waals surface area contributed by atoms with Crippen molar-refractivity contribution in [1.82, 2.24) is 0 Å². The normalized spacial score (nSPS) is 16.4. The van der Waals surface area contributed by atoms with Crippen LogP contribution in [0.4, 0.5) is 5.69 Å². The van der Waals surface area contributed by atoms with Crippen LogP contribution in [0.1, 0.15) is 0 Å². The summed E-state index contributed by atoms with van der Waals surface area (Å²) in [5.74, 6) is 0. The predicted octanol–water partition coefficient (Wildman–Crippen LogP) is 3.24. The maximum absolute atomic E-state index is 5.84. The molecule has 1 aliphatic rings. The number of benzene rings is 1. The molecule has 3 heteroatoms. The van der Waals surface area contributed by atoms with Gasteiger partial charge >= 0.3 is 0 Å². The lowest BCUT2D eigenvalue weighted by Crippen LogP contribution is -2.08. The van der Waals surface area contributed by atoms with Crippen LogP contribution in [0.15, 0.2) is 40.8 Å². The van der Waals surface area contributed by atoms with Gasteiger partial charge in [-0.2, -0.15) is 0 Å². The Morgan fingerprint density at radius 3 is 2.58 bits per heavy atom. The summed E-state index contributed by atoms with van der Waals surface area (Å²) in [5, 5.41) is 0. The Morgan fingerprint density at radius 1 is 1.25 bits per heavy atom. The number of para-hydroxylation sites is 1. The summed E-state index contributed by atoms with van der Waals surface area (Å²) >= 11 is 7.42. The van der Waals surface area contributed by atoms with E-state index in [2.05, 4.69) is 16.4 Å². The van der Waals surface area contributed by atoms with Crippen molar-refractivity contribution in [2.45, 2.75) is 0 Å². The third-order valence-electron chi connectivity index (χ3n) is 1.66. The summed E-state index contributed by atoms with van der Waals surface area (Å²) in [5.41, 5.74) is 1.20. The maximum Gasteiger partial charge on any atom is 0.0923 e. The van der Waals surface area contributed by atoms with E-state index in [0.717, 1.165) is 10.9 Å².